The van der Waals surface area contributed by atoms with Gasteiger partial charge in [-0.05, 0) is 23.5 Å². The minimum Gasteiger partial charge on any atom is -0.342 e. The van der Waals surface area contributed by atoms with Crippen molar-refractivity contribution in [3.63, 3.8) is 0 Å². The topological polar surface area (TPSA) is 22.0 Å². The second-order valence-electron chi connectivity index (χ2n) is 4.02. The number of hydrogen-bond donors (Lipinski definition) is 0. The van der Waals surface area contributed by atoms with E-state index in [1.54, 1.807) is 12.1 Å². The number of halogens is 2. The SMILES string of the molecule is CCn1c(-c2ccc(C)cc2F)[c-]cc(I)c1=O.[Y]. The van der Waals surface area contributed by atoms with E-state index in [9.17, 15) is 9.18 Å². The maximum atomic E-state index is 13.9. The van der Waals surface area contributed by atoms with E-state index < -0.39 is 0 Å². The Morgan fingerprint density at radius 3 is 2.68 bits per heavy atom. The van der Waals surface area contributed by atoms with Gasteiger partial charge in [-0.15, -0.1) is 28.7 Å². The average Bonchev–Trinajstić information content (AvgIpc) is 2.33. The van der Waals surface area contributed by atoms with Crippen LogP contribution in [0.15, 0.2) is 29.1 Å². The fourth-order valence-electron chi connectivity index (χ4n) is 1.84. The molecule has 0 saturated carbocycles. The third-order valence-electron chi connectivity index (χ3n) is 2.75. The van der Waals surface area contributed by atoms with Gasteiger partial charge in [0, 0.05) is 39.3 Å². The van der Waals surface area contributed by atoms with Crippen LogP contribution in [0.3, 0.4) is 0 Å². The van der Waals surface area contributed by atoms with Crippen LogP contribution in [0.4, 0.5) is 4.39 Å². The number of aryl methyl sites for hydroxylation is 1. The molecular weight excluding hydrogens is 433 g/mol. The Balaban J connectivity index is 0.00000180. The predicted molar refractivity (Wildman–Crippen MR) is 78.1 cm³/mol. The summed E-state index contributed by atoms with van der Waals surface area (Å²) in [5.74, 6) is -0.325. The van der Waals surface area contributed by atoms with Crippen molar-refractivity contribution in [3.05, 3.63) is 55.6 Å². The minimum absolute atomic E-state index is 0. The van der Waals surface area contributed by atoms with E-state index in [-0.39, 0.29) is 44.1 Å². The summed E-state index contributed by atoms with van der Waals surface area (Å²) in [6.45, 7) is 4.19. The third-order valence-corrected chi connectivity index (χ3v) is 3.52. The van der Waals surface area contributed by atoms with Gasteiger partial charge in [0.2, 0.25) is 5.56 Å². The van der Waals surface area contributed by atoms with E-state index in [0.29, 0.717) is 21.4 Å². The van der Waals surface area contributed by atoms with E-state index in [2.05, 4.69) is 6.07 Å². The molecule has 0 saturated heterocycles. The van der Waals surface area contributed by atoms with Gasteiger partial charge in [0.25, 0.3) is 0 Å². The Morgan fingerprint density at radius 1 is 1.42 bits per heavy atom. The molecule has 1 aromatic carbocycles. The van der Waals surface area contributed by atoms with Gasteiger partial charge in [-0.2, -0.15) is 12.1 Å². The number of benzene rings is 1. The summed E-state index contributed by atoms with van der Waals surface area (Å²) >= 11 is 1.97. The smallest absolute Gasteiger partial charge is 0.207 e. The van der Waals surface area contributed by atoms with Gasteiger partial charge < -0.3 is 4.57 Å². The molecule has 0 aliphatic carbocycles. The van der Waals surface area contributed by atoms with E-state index in [0.717, 1.165) is 5.56 Å². The number of aromatic nitrogens is 1. The van der Waals surface area contributed by atoms with Gasteiger partial charge in [-0.25, -0.2) is 4.39 Å². The maximum absolute atomic E-state index is 13.9. The first-order chi connectivity index (χ1) is 8.54. The second kappa shape index (κ2) is 7.09. The zero-order chi connectivity index (χ0) is 13.3. The molecule has 0 aliphatic heterocycles. The normalized spacial score (nSPS) is 10.1. The van der Waals surface area contributed by atoms with Gasteiger partial charge >= 0.3 is 0 Å². The quantitative estimate of drug-likeness (QED) is 0.514. The molecule has 5 heteroatoms. The Hall–Kier alpha value is -0.0661. The molecule has 0 aliphatic rings. The van der Waals surface area contributed by atoms with Crippen LogP contribution in [-0.4, -0.2) is 4.57 Å². The second-order valence-corrected chi connectivity index (χ2v) is 5.18. The van der Waals surface area contributed by atoms with Crippen LogP contribution in [0, 0.1) is 22.4 Å². The molecule has 2 rings (SSSR count). The molecule has 0 bridgehead atoms. The number of rotatable bonds is 2. The number of hydrogen-bond acceptors (Lipinski definition) is 1. The van der Waals surface area contributed by atoms with Crippen molar-refractivity contribution < 1.29 is 37.1 Å². The summed E-state index contributed by atoms with van der Waals surface area (Å²) in [4.78, 5) is 12.0. The Morgan fingerprint density at radius 2 is 2.11 bits per heavy atom. The zero-order valence-corrected chi connectivity index (χ0v) is 15.7. The van der Waals surface area contributed by atoms with Crippen molar-refractivity contribution in [1.82, 2.24) is 4.57 Å². The summed E-state index contributed by atoms with van der Waals surface area (Å²) in [5.41, 5.74) is 1.66. The molecule has 2 nitrogen and oxygen atoms in total. The van der Waals surface area contributed by atoms with E-state index >= 15 is 0 Å². The predicted octanol–water partition coefficient (Wildman–Crippen LogP) is 3.39. The zero-order valence-electron chi connectivity index (χ0n) is 10.7. The molecule has 1 heterocycles. The molecule has 0 spiro atoms. The van der Waals surface area contributed by atoms with Crippen molar-refractivity contribution in [1.29, 1.82) is 0 Å². The monoisotopic (exact) mass is 445 g/mol. The largest absolute Gasteiger partial charge is 0.342 e. The molecule has 1 aromatic heterocycles. The minimum atomic E-state index is -0.325. The van der Waals surface area contributed by atoms with Crippen molar-refractivity contribution in [2.45, 2.75) is 20.4 Å². The molecule has 0 N–H and O–H groups in total. The molecule has 1 radical (unpaired) electrons. The molecule has 0 atom stereocenters. The number of pyridine rings is 1. The maximum Gasteiger partial charge on any atom is 0.207 e. The van der Waals surface area contributed by atoms with E-state index in [4.69, 9.17) is 0 Å². The van der Waals surface area contributed by atoms with E-state index in [1.807, 2.05) is 42.5 Å². The van der Waals surface area contributed by atoms with Gasteiger partial charge in [-0.3, -0.25) is 4.79 Å². The van der Waals surface area contributed by atoms with Crippen LogP contribution in [0.1, 0.15) is 12.5 Å². The molecule has 0 amide bonds. The summed E-state index contributed by atoms with van der Waals surface area (Å²) < 4.78 is 16.1. The molecule has 97 valence electrons. The van der Waals surface area contributed by atoms with Crippen molar-refractivity contribution >= 4 is 22.6 Å². The van der Waals surface area contributed by atoms with Crippen LogP contribution < -0.4 is 5.56 Å². The van der Waals surface area contributed by atoms with Crippen LogP contribution in [0.2, 0.25) is 0 Å². The summed E-state index contributed by atoms with van der Waals surface area (Å²) in [7, 11) is 0. The Kier molecular flexibility index (Phi) is 6.34. The first kappa shape index (κ1) is 17.0. The average molecular weight is 445 g/mol. The molecule has 0 unspecified atom stereocenters. The Labute approximate surface area is 150 Å². The first-order valence-corrected chi connectivity index (χ1v) is 6.70. The number of nitrogens with zero attached hydrogens (tertiary/aromatic N) is 1. The first-order valence-electron chi connectivity index (χ1n) is 5.62. The third kappa shape index (κ3) is 3.53. The Bertz CT molecular complexity index is 654. The standard InChI is InChI=1S/C14H12FINO.Y/c1-3-17-13(7-6-12(16)14(17)18)10-5-4-9(2)8-11(10)15;/h4-6,8H,3H2,1-2H3;/q-1;. The molecule has 19 heavy (non-hydrogen) atoms. The molecule has 0 fully saturated rings. The van der Waals surface area contributed by atoms with Gasteiger partial charge in [-0.1, -0.05) is 22.9 Å². The fraction of sp³-hybridized carbons (Fsp3) is 0.214. The van der Waals surface area contributed by atoms with Crippen LogP contribution in [0.25, 0.3) is 11.3 Å². The van der Waals surface area contributed by atoms with Crippen molar-refractivity contribution in [2.24, 2.45) is 0 Å². The van der Waals surface area contributed by atoms with Crippen LogP contribution >= 0.6 is 22.6 Å². The van der Waals surface area contributed by atoms with Crippen LogP contribution in [0.5, 0.6) is 0 Å². The van der Waals surface area contributed by atoms with Crippen molar-refractivity contribution in [3.8, 4) is 11.3 Å². The van der Waals surface area contributed by atoms with Gasteiger partial charge in [0.1, 0.15) is 0 Å². The molecular formula is C14H12FINOY-. The summed E-state index contributed by atoms with van der Waals surface area (Å²) in [6.07, 6.45) is 0. The van der Waals surface area contributed by atoms with E-state index in [1.165, 1.54) is 10.6 Å². The van der Waals surface area contributed by atoms with Crippen LogP contribution in [-0.2, 0) is 39.3 Å². The fourth-order valence-corrected chi connectivity index (χ4v) is 2.29. The summed E-state index contributed by atoms with van der Waals surface area (Å²) in [6, 6.07) is 9.57. The summed E-state index contributed by atoms with van der Waals surface area (Å²) in [5, 5.41) is 0. The molecule has 2 aromatic rings. The van der Waals surface area contributed by atoms with Gasteiger partial charge in [0.05, 0.1) is 5.82 Å². The van der Waals surface area contributed by atoms with Gasteiger partial charge in [0.15, 0.2) is 0 Å². The van der Waals surface area contributed by atoms with Crippen molar-refractivity contribution in [2.75, 3.05) is 0 Å².